The summed E-state index contributed by atoms with van der Waals surface area (Å²) in [5, 5.41) is 0. The molecule has 5 heteroatoms. The highest BCUT2D eigenvalue weighted by Crippen LogP contribution is 2.41. The van der Waals surface area contributed by atoms with Crippen LogP contribution in [0.2, 0.25) is 0 Å². The van der Waals surface area contributed by atoms with Crippen molar-refractivity contribution in [3.05, 3.63) is 18.1 Å². The van der Waals surface area contributed by atoms with Gasteiger partial charge in [-0.15, -0.1) is 0 Å². The summed E-state index contributed by atoms with van der Waals surface area (Å²) in [6.45, 7) is 9.43. The van der Waals surface area contributed by atoms with Crippen LogP contribution in [0.25, 0.3) is 0 Å². The van der Waals surface area contributed by atoms with E-state index in [4.69, 9.17) is 4.74 Å². The van der Waals surface area contributed by atoms with Gasteiger partial charge in [0.05, 0.1) is 19.5 Å². The molecule has 0 radical (unpaired) electrons. The third-order valence-corrected chi connectivity index (χ3v) is 3.65. The van der Waals surface area contributed by atoms with Crippen molar-refractivity contribution in [2.45, 2.75) is 33.7 Å². The molecule has 0 aromatic carbocycles. The van der Waals surface area contributed by atoms with Gasteiger partial charge >= 0.3 is 0 Å². The van der Waals surface area contributed by atoms with E-state index in [1.807, 2.05) is 4.90 Å². The minimum Gasteiger partial charge on any atom is -0.480 e. The lowest BCUT2D eigenvalue weighted by Gasteiger charge is -2.56. The van der Waals surface area contributed by atoms with Gasteiger partial charge in [-0.3, -0.25) is 9.78 Å². The molecule has 1 amide bonds. The first-order valence-electron chi connectivity index (χ1n) is 6.54. The van der Waals surface area contributed by atoms with Crippen molar-refractivity contribution in [2.75, 3.05) is 13.7 Å². The van der Waals surface area contributed by atoms with E-state index in [0.29, 0.717) is 17.5 Å². The van der Waals surface area contributed by atoms with Crippen LogP contribution in [0.5, 0.6) is 5.88 Å². The first kappa shape index (κ1) is 13.8. The van der Waals surface area contributed by atoms with E-state index in [1.54, 1.807) is 0 Å². The van der Waals surface area contributed by atoms with Gasteiger partial charge in [-0.25, -0.2) is 4.98 Å². The van der Waals surface area contributed by atoms with E-state index in [2.05, 4.69) is 37.7 Å². The van der Waals surface area contributed by atoms with Crippen LogP contribution >= 0.6 is 0 Å². The van der Waals surface area contributed by atoms with Gasteiger partial charge in [0.15, 0.2) is 5.69 Å². The fourth-order valence-corrected chi connectivity index (χ4v) is 3.10. The lowest BCUT2D eigenvalue weighted by Crippen LogP contribution is -2.65. The number of methoxy groups -OCH3 is 1. The van der Waals surface area contributed by atoms with Gasteiger partial charge < -0.3 is 9.64 Å². The third kappa shape index (κ3) is 2.41. The zero-order valence-corrected chi connectivity index (χ0v) is 12.2. The number of amides is 1. The van der Waals surface area contributed by atoms with Crippen LogP contribution < -0.4 is 4.74 Å². The second kappa shape index (κ2) is 4.79. The lowest BCUT2D eigenvalue weighted by molar-refractivity contribution is -0.0523. The molecule has 0 aliphatic carbocycles. The Morgan fingerprint density at radius 1 is 1.47 bits per heavy atom. The van der Waals surface area contributed by atoms with Gasteiger partial charge in [0.1, 0.15) is 0 Å². The monoisotopic (exact) mass is 263 g/mol. The summed E-state index contributed by atoms with van der Waals surface area (Å²) < 4.78 is 5.01. The second-order valence-corrected chi connectivity index (χ2v) is 6.06. The van der Waals surface area contributed by atoms with Crippen LogP contribution in [0, 0.1) is 11.3 Å². The Balaban J connectivity index is 2.21. The summed E-state index contributed by atoms with van der Waals surface area (Å²) >= 11 is 0. The molecule has 104 valence electrons. The summed E-state index contributed by atoms with van der Waals surface area (Å²) in [5.74, 6) is 0.724. The topological polar surface area (TPSA) is 55.3 Å². The zero-order chi connectivity index (χ0) is 14.2. The van der Waals surface area contributed by atoms with Crippen molar-refractivity contribution in [1.29, 1.82) is 0 Å². The fourth-order valence-electron chi connectivity index (χ4n) is 3.10. The van der Waals surface area contributed by atoms with E-state index in [9.17, 15) is 4.79 Å². The zero-order valence-electron chi connectivity index (χ0n) is 12.2. The van der Waals surface area contributed by atoms with E-state index in [0.717, 1.165) is 6.54 Å². The Kier molecular flexibility index (Phi) is 3.47. The standard InChI is InChI=1S/C14H21N3O2/c1-9(2)12-14(3,4)8-17(12)13(18)10-6-15-7-11(16-10)19-5/h6-7,9,12H,8H2,1-5H3/t12-/m0/s1. The van der Waals surface area contributed by atoms with E-state index < -0.39 is 0 Å². The highest BCUT2D eigenvalue weighted by Gasteiger charge is 2.49. The van der Waals surface area contributed by atoms with Crippen molar-refractivity contribution in [2.24, 2.45) is 11.3 Å². The quantitative estimate of drug-likeness (QED) is 0.837. The number of nitrogens with zero attached hydrogens (tertiary/aromatic N) is 3. The van der Waals surface area contributed by atoms with Crippen LogP contribution in [0.3, 0.4) is 0 Å². The predicted molar refractivity (Wildman–Crippen MR) is 72.0 cm³/mol. The number of carbonyl (C=O) groups excluding carboxylic acids is 1. The first-order chi connectivity index (χ1) is 8.86. The molecule has 5 nitrogen and oxygen atoms in total. The molecule has 1 aromatic heterocycles. The van der Waals surface area contributed by atoms with Crippen molar-refractivity contribution >= 4 is 5.91 Å². The Bertz CT molecular complexity index is 485. The average molecular weight is 263 g/mol. The molecule has 1 aromatic rings. The molecule has 0 N–H and O–H groups in total. The number of carbonyl (C=O) groups is 1. The van der Waals surface area contributed by atoms with Crippen molar-refractivity contribution in [3.8, 4) is 5.88 Å². The van der Waals surface area contributed by atoms with Gasteiger partial charge in [0, 0.05) is 18.0 Å². The SMILES string of the molecule is COc1cncc(C(=O)N2CC(C)(C)[C@@H]2C(C)C)n1. The van der Waals surface area contributed by atoms with Gasteiger partial charge in [-0.05, 0) is 5.92 Å². The molecular formula is C14H21N3O2. The fraction of sp³-hybridized carbons (Fsp3) is 0.643. The van der Waals surface area contributed by atoms with Crippen LogP contribution in [0.1, 0.15) is 38.2 Å². The Hall–Kier alpha value is -1.65. The molecule has 2 rings (SSSR count). The number of hydrogen-bond acceptors (Lipinski definition) is 4. The molecule has 0 spiro atoms. The Labute approximate surface area is 114 Å². The highest BCUT2D eigenvalue weighted by atomic mass is 16.5. The van der Waals surface area contributed by atoms with Gasteiger partial charge in [-0.2, -0.15) is 0 Å². The van der Waals surface area contributed by atoms with E-state index in [1.165, 1.54) is 19.5 Å². The number of rotatable bonds is 3. The van der Waals surface area contributed by atoms with Crippen molar-refractivity contribution < 1.29 is 9.53 Å². The third-order valence-electron chi connectivity index (χ3n) is 3.65. The van der Waals surface area contributed by atoms with E-state index >= 15 is 0 Å². The molecule has 1 fully saturated rings. The predicted octanol–water partition coefficient (Wildman–Crippen LogP) is 1.99. The normalized spacial score (nSPS) is 21.2. The summed E-state index contributed by atoms with van der Waals surface area (Å²) in [6.07, 6.45) is 2.99. The molecule has 1 saturated heterocycles. The first-order valence-corrected chi connectivity index (χ1v) is 6.54. The average Bonchev–Trinajstić information content (AvgIpc) is 2.34. The second-order valence-electron chi connectivity index (χ2n) is 6.06. The maximum Gasteiger partial charge on any atom is 0.274 e. The molecular weight excluding hydrogens is 242 g/mol. The maximum absolute atomic E-state index is 12.5. The molecule has 0 saturated carbocycles. The molecule has 19 heavy (non-hydrogen) atoms. The van der Waals surface area contributed by atoms with Gasteiger partial charge in [-0.1, -0.05) is 27.7 Å². The van der Waals surface area contributed by atoms with Crippen LogP contribution in [-0.4, -0.2) is 40.5 Å². The minimum absolute atomic E-state index is 0.0653. The molecule has 1 atom stereocenters. The van der Waals surface area contributed by atoms with Crippen LogP contribution in [-0.2, 0) is 0 Å². The summed E-state index contributed by atoms with van der Waals surface area (Å²) in [4.78, 5) is 22.5. The minimum atomic E-state index is -0.0653. The summed E-state index contributed by atoms with van der Waals surface area (Å²) in [7, 11) is 1.52. The van der Waals surface area contributed by atoms with Crippen LogP contribution in [0.15, 0.2) is 12.4 Å². The lowest BCUT2D eigenvalue weighted by atomic mass is 9.70. The number of hydrogen-bond donors (Lipinski definition) is 0. The number of aromatic nitrogens is 2. The number of ether oxygens (including phenoxy) is 1. The van der Waals surface area contributed by atoms with Gasteiger partial charge in [0.2, 0.25) is 5.88 Å². The molecule has 0 bridgehead atoms. The van der Waals surface area contributed by atoms with Crippen LogP contribution in [0.4, 0.5) is 0 Å². The largest absolute Gasteiger partial charge is 0.480 e. The molecule has 0 unspecified atom stereocenters. The Morgan fingerprint density at radius 3 is 2.68 bits per heavy atom. The number of likely N-dealkylation sites (tertiary alicyclic amines) is 1. The molecule has 1 aliphatic heterocycles. The highest BCUT2D eigenvalue weighted by molar-refractivity contribution is 5.93. The molecule has 1 aliphatic rings. The smallest absolute Gasteiger partial charge is 0.274 e. The summed E-state index contributed by atoms with van der Waals surface area (Å²) in [6, 6.07) is 0.244. The van der Waals surface area contributed by atoms with Crippen molar-refractivity contribution in [3.63, 3.8) is 0 Å². The maximum atomic E-state index is 12.5. The Morgan fingerprint density at radius 2 is 2.16 bits per heavy atom. The van der Waals surface area contributed by atoms with Gasteiger partial charge in [0.25, 0.3) is 5.91 Å². The van der Waals surface area contributed by atoms with E-state index in [-0.39, 0.29) is 17.4 Å². The summed E-state index contributed by atoms with van der Waals surface area (Å²) in [5.41, 5.74) is 0.511. The molecule has 2 heterocycles. The van der Waals surface area contributed by atoms with Crippen molar-refractivity contribution in [1.82, 2.24) is 14.9 Å².